The minimum atomic E-state index is -4.88. The molecule has 1 heterocycles. The van der Waals surface area contributed by atoms with E-state index in [2.05, 4.69) is 47.5 Å². The lowest BCUT2D eigenvalue weighted by atomic mass is 9.81. The zero-order chi connectivity index (χ0) is 26.1. The molecule has 1 saturated heterocycles. The predicted molar refractivity (Wildman–Crippen MR) is 129 cm³/mol. The van der Waals surface area contributed by atoms with Crippen molar-refractivity contribution in [1.82, 2.24) is 0 Å². The number of hydrogen-bond donors (Lipinski definition) is 0. The van der Waals surface area contributed by atoms with E-state index < -0.39 is 43.7 Å². The Labute approximate surface area is 202 Å². The second kappa shape index (κ2) is 10.0. The largest absolute Gasteiger partial charge is 0.445 e. The van der Waals surface area contributed by atoms with Crippen molar-refractivity contribution in [1.29, 1.82) is 0 Å². The van der Waals surface area contributed by atoms with Gasteiger partial charge in [0.2, 0.25) is 0 Å². The summed E-state index contributed by atoms with van der Waals surface area (Å²) >= 11 is 0. The molecule has 190 valence electrons. The summed E-state index contributed by atoms with van der Waals surface area (Å²) in [7, 11) is -2.18. The maximum absolute atomic E-state index is 14.1. The lowest BCUT2D eigenvalue weighted by molar-refractivity contribution is -0.208. The highest BCUT2D eigenvalue weighted by Gasteiger charge is 2.64. The number of rotatable bonds is 10. The zero-order valence-corrected chi connectivity index (χ0v) is 22.3. The third-order valence-electron chi connectivity index (χ3n) is 7.39. The van der Waals surface area contributed by atoms with Gasteiger partial charge in [-0.05, 0) is 36.0 Å². The monoisotopic (exact) mass is 498 g/mol. The van der Waals surface area contributed by atoms with Gasteiger partial charge >= 0.3 is 12.1 Å². The van der Waals surface area contributed by atoms with Gasteiger partial charge in [0.1, 0.15) is 11.7 Å². The van der Waals surface area contributed by atoms with Crippen LogP contribution in [0.5, 0.6) is 0 Å². The summed E-state index contributed by atoms with van der Waals surface area (Å²) in [5.74, 6) is 0.869. The molecule has 4 atom stereocenters. The standard InChI is InChI=1S/C26H37F3O4Si/c1-10-21(32-23(30)24(8,26(27,28)29)20-14-12-11-13-15-20)25(9)22(33-25)16-31-34(17(2)3,18(4)5)19(6)7/h1,11-15,17-19,21-22H,16H2,2-9H3/t21-,22-,24-,25?/m0/s1. The highest BCUT2D eigenvalue weighted by atomic mass is 28.4. The van der Waals surface area contributed by atoms with Gasteiger partial charge in [0.25, 0.3) is 0 Å². The van der Waals surface area contributed by atoms with Crippen molar-refractivity contribution in [2.45, 2.75) is 101 Å². The molecule has 1 aromatic rings. The number of carbonyl (C=O) groups excluding carboxylic acids is 1. The normalized spacial score (nSPS) is 23.5. The third kappa shape index (κ3) is 4.93. The van der Waals surface area contributed by atoms with Crippen LogP contribution in [0.15, 0.2) is 30.3 Å². The van der Waals surface area contributed by atoms with Crippen LogP contribution in [-0.2, 0) is 24.1 Å². The lowest BCUT2D eigenvalue weighted by Gasteiger charge is -2.42. The summed E-state index contributed by atoms with van der Waals surface area (Å²) in [5.41, 5.74) is -3.12. The fourth-order valence-electron chi connectivity index (χ4n) is 5.13. The molecule has 34 heavy (non-hydrogen) atoms. The van der Waals surface area contributed by atoms with Crippen LogP contribution >= 0.6 is 0 Å². The fourth-order valence-corrected chi connectivity index (χ4v) is 10.6. The van der Waals surface area contributed by atoms with E-state index in [4.69, 9.17) is 20.3 Å². The molecule has 0 bridgehead atoms. The average molecular weight is 499 g/mol. The number of halogens is 3. The number of carbonyl (C=O) groups is 1. The minimum Gasteiger partial charge on any atom is -0.445 e. The van der Waals surface area contributed by atoms with Gasteiger partial charge < -0.3 is 13.9 Å². The smallest absolute Gasteiger partial charge is 0.408 e. The van der Waals surface area contributed by atoms with E-state index in [9.17, 15) is 18.0 Å². The first-order valence-electron chi connectivity index (χ1n) is 11.7. The summed E-state index contributed by atoms with van der Waals surface area (Å²) in [6, 6.07) is 6.96. The van der Waals surface area contributed by atoms with E-state index in [-0.39, 0.29) is 12.2 Å². The summed E-state index contributed by atoms with van der Waals surface area (Å²) in [6.45, 7) is 15.7. The molecule has 0 aromatic heterocycles. The Balaban J connectivity index is 2.21. The molecule has 1 unspecified atom stereocenters. The van der Waals surface area contributed by atoms with Crippen molar-refractivity contribution in [3.05, 3.63) is 35.9 Å². The molecule has 1 fully saturated rings. The number of epoxide rings is 1. The first kappa shape index (κ1) is 28.4. The molecular weight excluding hydrogens is 461 g/mol. The van der Waals surface area contributed by atoms with E-state index in [0.717, 1.165) is 6.92 Å². The fraction of sp³-hybridized carbons (Fsp3) is 0.654. The topological polar surface area (TPSA) is 48.1 Å². The SMILES string of the molecule is C#C[C@H](OC(=O)[C@](C)(c1ccccc1)C(F)(F)F)C1(C)O[C@H]1CO[Si](C(C)C)(C(C)C)C(C)C. The first-order chi connectivity index (χ1) is 15.6. The second-order valence-electron chi connectivity index (χ2n) is 10.4. The van der Waals surface area contributed by atoms with Crippen molar-refractivity contribution in [2.24, 2.45) is 0 Å². The molecule has 2 rings (SSSR count). The molecule has 0 N–H and O–H groups in total. The Kier molecular flexibility index (Phi) is 8.39. The van der Waals surface area contributed by atoms with Crippen molar-refractivity contribution < 1.29 is 31.9 Å². The lowest BCUT2D eigenvalue weighted by Crippen LogP contribution is -2.50. The predicted octanol–water partition coefficient (Wildman–Crippen LogP) is 6.40. The highest BCUT2D eigenvalue weighted by molar-refractivity contribution is 6.77. The molecule has 1 aliphatic heterocycles. The molecule has 0 saturated carbocycles. The molecule has 8 heteroatoms. The van der Waals surface area contributed by atoms with Crippen LogP contribution in [0.2, 0.25) is 16.6 Å². The van der Waals surface area contributed by atoms with Gasteiger partial charge in [0.15, 0.2) is 19.8 Å². The van der Waals surface area contributed by atoms with E-state index in [1.807, 2.05) is 0 Å². The van der Waals surface area contributed by atoms with E-state index in [1.165, 1.54) is 24.3 Å². The van der Waals surface area contributed by atoms with Crippen LogP contribution in [0, 0.1) is 12.3 Å². The zero-order valence-electron chi connectivity index (χ0n) is 21.3. The number of terminal acetylenes is 1. The van der Waals surface area contributed by atoms with E-state index >= 15 is 0 Å². The van der Waals surface area contributed by atoms with Gasteiger partial charge in [0, 0.05) is 0 Å². The third-order valence-corrected chi connectivity index (χ3v) is 13.5. The Morgan fingerprint density at radius 1 is 1.12 bits per heavy atom. The van der Waals surface area contributed by atoms with Gasteiger partial charge in [0.05, 0.1) is 6.61 Å². The van der Waals surface area contributed by atoms with Crippen LogP contribution < -0.4 is 0 Å². The minimum absolute atomic E-state index is 0.216. The maximum atomic E-state index is 14.1. The van der Waals surface area contributed by atoms with Crippen LogP contribution in [0.3, 0.4) is 0 Å². The molecule has 1 aliphatic rings. The van der Waals surface area contributed by atoms with Crippen molar-refractivity contribution in [2.75, 3.05) is 6.61 Å². The van der Waals surface area contributed by atoms with Crippen molar-refractivity contribution >= 4 is 14.3 Å². The van der Waals surface area contributed by atoms with Gasteiger partial charge in [-0.15, -0.1) is 6.42 Å². The van der Waals surface area contributed by atoms with Gasteiger partial charge in [-0.2, -0.15) is 13.2 Å². The van der Waals surface area contributed by atoms with Gasteiger partial charge in [-0.1, -0.05) is 77.8 Å². The molecule has 1 aromatic carbocycles. The Morgan fingerprint density at radius 3 is 2.03 bits per heavy atom. The average Bonchev–Trinajstić information content (AvgIpc) is 3.41. The second-order valence-corrected chi connectivity index (χ2v) is 15.8. The number of esters is 1. The quantitative estimate of drug-likeness (QED) is 0.162. The Hall–Kier alpha value is -1.82. The number of ether oxygens (including phenoxy) is 2. The van der Waals surface area contributed by atoms with Crippen LogP contribution in [0.25, 0.3) is 0 Å². The van der Waals surface area contributed by atoms with Crippen LogP contribution in [0.1, 0.15) is 61.0 Å². The number of benzene rings is 1. The number of alkyl halides is 3. The molecular formula is C26H37F3O4Si. The van der Waals surface area contributed by atoms with Crippen molar-refractivity contribution in [3.63, 3.8) is 0 Å². The molecule has 4 nitrogen and oxygen atoms in total. The highest BCUT2D eigenvalue weighted by Crippen LogP contribution is 2.47. The molecule has 0 amide bonds. The first-order valence-corrected chi connectivity index (χ1v) is 13.8. The molecule has 0 radical (unpaired) electrons. The Morgan fingerprint density at radius 2 is 1.62 bits per heavy atom. The van der Waals surface area contributed by atoms with E-state index in [0.29, 0.717) is 16.6 Å². The van der Waals surface area contributed by atoms with E-state index in [1.54, 1.807) is 13.0 Å². The Bertz CT molecular complexity index is 872. The summed E-state index contributed by atoms with van der Waals surface area (Å²) in [5, 5.41) is 0. The van der Waals surface area contributed by atoms with Crippen molar-refractivity contribution in [3.8, 4) is 12.3 Å². The van der Waals surface area contributed by atoms with Gasteiger partial charge in [-0.25, -0.2) is 0 Å². The summed E-state index contributed by atoms with van der Waals surface area (Å²) in [6.07, 6.45) is -1.03. The van der Waals surface area contributed by atoms with Crippen LogP contribution in [-0.4, -0.2) is 44.9 Å². The number of hydrogen-bond acceptors (Lipinski definition) is 4. The summed E-state index contributed by atoms with van der Waals surface area (Å²) in [4.78, 5) is 12.9. The van der Waals surface area contributed by atoms with Crippen LogP contribution in [0.4, 0.5) is 13.2 Å². The summed E-state index contributed by atoms with van der Waals surface area (Å²) < 4.78 is 59.8. The molecule has 0 spiro atoms. The van der Waals surface area contributed by atoms with Gasteiger partial charge in [-0.3, -0.25) is 4.79 Å². The molecule has 0 aliphatic carbocycles. The maximum Gasteiger partial charge on any atom is 0.408 e.